The highest BCUT2D eigenvalue weighted by Crippen LogP contribution is 2.81. The van der Waals surface area contributed by atoms with Crippen molar-refractivity contribution >= 4 is 5.84 Å². The molecular weight excluding hydrogens is 308 g/mol. The zero-order chi connectivity index (χ0) is 17.6. The van der Waals surface area contributed by atoms with E-state index in [0.29, 0.717) is 6.61 Å². The number of hydrogen-bond acceptors (Lipinski definition) is 7. The Kier molecular flexibility index (Phi) is 3.52. The standard InChI is InChI=1S/C17H18N4O3/c1-4-24-12-7-5-11(6-8-12)13-15(9-18)14(20)21-17(22-2,23-3)16(13,15)10-19/h5-8,13H,4H2,1-3H3,(H2,20,21)/t13-,15+,16+/m0/s1. The number of nitrogens with two attached hydrogens (primary N) is 1. The molecule has 124 valence electrons. The molecule has 0 aromatic heterocycles. The van der Waals surface area contributed by atoms with Crippen LogP contribution in [0.1, 0.15) is 18.4 Å². The van der Waals surface area contributed by atoms with Crippen LogP contribution in [0.15, 0.2) is 29.3 Å². The second kappa shape index (κ2) is 5.20. The molecule has 0 radical (unpaired) electrons. The predicted molar refractivity (Wildman–Crippen MR) is 84.8 cm³/mol. The maximum Gasteiger partial charge on any atom is 0.292 e. The summed E-state index contributed by atoms with van der Waals surface area (Å²) >= 11 is 0. The fourth-order valence-electron chi connectivity index (χ4n) is 3.94. The van der Waals surface area contributed by atoms with Crippen LogP contribution in [0.3, 0.4) is 0 Å². The van der Waals surface area contributed by atoms with E-state index in [1.807, 2.05) is 19.1 Å². The molecule has 3 rings (SSSR count). The lowest BCUT2D eigenvalue weighted by atomic mass is 9.93. The van der Waals surface area contributed by atoms with Gasteiger partial charge in [0.15, 0.2) is 5.41 Å². The molecule has 1 aromatic rings. The van der Waals surface area contributed by atoms with Crippen LogP contribution in [-0.4, -0.2) is 32.6 Å². The van der Waals surface area contributed by atoms with Crippen molar-refractivity contribution in [1.29, 1.82) is 10.5 Å². The van der Waals surface area contributed by atoms with Crippen LogP contribution in [0, 0.1) is 33.5 Å². The number of nitrogens with zero attached hydrogens (tertiary/aromatic N) is 3. The van der Waals surface area contributed by atoms with Crippen LogP contribution >= 0.6 is 0 Å². The second-order valence-corrected chi connectivity index (χ2v) is 5.76. The molecule has 1 heterocycles. The first-order chi connectivity index (χ1) is 11.5. The van der Waals surface area contributed by atoms with Crippen molar-refractivity contribution in [1.82, 2.24) is 0 Å². The number of fused-ring (bicyclic) bond motifs is 1. The fraction of sp³-hybridized carbons (Fsp3) is 0.471. The summed E-state index contributed by atoms with van der Waals surface area (Å²) in [6, 6.07) is 11.7. The SMILES string of the molecule is CCOc1ccc([C@H]2[C@]3(C#N)C(N)=NC(OC)(OC)[C@]23C#N)cc1. The van der Waals surface area contributed by atoms with Crippen molar-refractivity contribution in [3.63, 3.8) is 0 Å². The van der Waals surface area contributed by atoms with E-state index >= 15 is 0 Å². The Hall–Kier alpha value is -2.61. The van der Waals surface area contributed by atoms with Gasteiger partial charge >= 0.3 is 0 Å². The third-order valence-electron chi connectivity index (χ3n) is 5.01. The first-order valence-electron chi connectivity index (χ1n) is 7.55. The molecule has 2 aliphatic rings. The molecule has 0 saturated heterocycles. The minimum Gasteiger partial charge on any atom is -0.494 e. The predicted octanol–water partition coefficient (Wildman–Crippen LogP) is 1.52. The van der Waals surface area contributed by atoms with Crippen LogP contribution < -0.4 is 10.5 Å². The Balaban J connectivity index is 2.12. The van der Waals surface area contributed by atoms with Crippen LogP contribution in [0.4, 0.5) is 0 Å². The van der Waals surface area contributed by atoms with E-state index < -0.39 is 22.7 Å². The summed E-state index contributed by atoms with van der Waals surface area (Å²) in [4.78, 5) is 4.18. The quantitative estimate of drug-likeness (QED) is 0.821. The zero-order valence-electron chi connectivity index (χ0n) is 13.7. The number of methoxy groups -OCH3 is 2. The fourth-order valence-corrected chi connectivity index (χ4v) is 3.94. The lowest BCUT2D eigenvalue weighted by Gasteiger charge is -2.29. The Morgan fingerprint density at radius 2 is 1.79 bits per heavy atom. The molecule has 3 atom stereocenters. The molecule has 7 heteroatoms. The van der Waals surface area contributed by atoms with Gasteiger partial charge in [-0.15, -0.1) is 0 Å². The monoisotopic (exact) mass is 326 g/mol. The Bertz CT molecular complexity index is 773. The van der Waals surface area contributed by atoms with Gasteiger partial charge in [-0.05, 0) is 24.6 Å². The van der Waals surface area contributed by atoms with Crippen LogP contribution in [-0.2, 0) is 9.47 Å². The van der Waals surface area contributed by atoms with E-state index in [4.69, 9.17) is 19.9 Å². The minimum atomic E-state index is -1.59. The van der Waals surface area contributed by atoms with Gasteiger partial charge in [0.05, 0.1) is 18.7 Å². The molecule has 0 spiro atoms. The molecule has 2 N–H and O–H groups in total. The maximum absolute atomic E-state index is 9.93. The summed E-state index contributed by atoms with van der Waals surface area (Å²) in [5, 5.41) is 19.8. The Morgan fingerprint density at radius 3 is 2.25 bits per heavy atom. The molecule has 0 unspecified atom stereocenters. The van der Waals surface area contributed by atoms with E-state index in [2.05, 4.69) is 17.1 Å². The van der Waals surface area contributed by atoms with Gasteiger partial charge in [-0.3, -0.25) is 0 Å². The lowest BCUT2D eigenvalue weighted by Crippen LogP contribution is -2.41. The molecule has 0 bridgehead atoms. The molecule has 0 amide bonds. The van der Waals surface area contributed by atoms with Crippen molar-refractivity contribution in [2.75, 3.05) is 20.8 Å². The maximum atomic E-state index is 9.93. The highest BCUT2D eigenvalue weighted by molar-refractivity contribution is 6.00. The number of rotatable bonds is 5. The molecule has 1 aliphatic heterocycles. The summed E-state index contributed by atoms with van der Waals surface area (Å²) in [7, 11) is 2.78. The van der Waals surface area contributed by atoms with Gasteiger partial charge in [-0.25, -0.2) is 4.99 Å². The van der Waals surface area contributed by atoms with Gasteiger partial charge in [0.1, 0.15) is 17.0 Å². The van der Waals surface area contributed by atoms with E-state index in [-0.39, 0.29) is 5.84 Å². The van der Waals surface area contributed by atoms with Crippen molar-refractivity contribution in [2.24, 2.45) is 21.6 Å². The molecule has 7 nitrogen and oxygen atoms in total. The van der Waals surface area contributed by atoms with Gasteiger partial charge in [0.2, 0.25) is 0 Å². The van der Waals surface area contributed by atoms with E-state index in [9.17, 15) is 10.5 Å². The number of ether oxygens (including phenoxy) is 3. The normalized spacial score (nSPS) is 32.2. The average molecular weight is 326 g/mol. The van der Waals surface area contributed by atoms with Gasteiger partial charge in [-0.2, -0.15) is 10.5 Å². The summed E-state index contributed by atoms with van der Waals surface area (Å²) in [5.74, 6) is -1.30. The number of benzene rings is 1. The molecular formula is C17H18N4O3. The molecule has 1 fully saturated rings. The summed E-state index contributed by atoms with van der Waals surface area (Å²) in [5.41, 5.74) is 4.25. The molecule has 24 heavy (non-hydrogen) atoms. The van der Waals surface area contributed by atoms with Crippen LogP contribution in [0.5, 0.6) is 5.75 Å². The van der Waals surface area contributed by atoms with Crippen LogP contribution in [0.2, 0.25) is 0 Å². The van der Waals surface area contributed by atoms with E-state index in [0.717, 1.165) is 11.3 Å². The van der Waals surface area contributed by atoms with Crippen molar-refractivity contribution in [2.45, 2.75) is 18.8 Å². The number of nitriles is 2. The topological polar surface area (TPSA) is 114 Å². The van der Waals surface area contributed by atoms with Crippen molar-refractivity contribution in [3.8, 4) is 17.9 Å². The molecule has 1 aromatic carbocycles. The Labute approximate surface area is 140 Å². The highest BCUT2D eigenvalue weighted by Gasteiger charge is 2.93. The van der Waals surface area contributed by atoms with E-state index in [1.54, 1.807) is 12.1 Å². The first-order valence-corrected chi connectivity index (χ1v) is 7.55. The molecule has 1 saturated carbocycles. The highest BCUT2D eigenvalue weighted by atomic mass is 16.7. The average Bonchev–Trinajstić information content (AvgIpc) is 3.18. The van der Waals surface area contributed by atoms with Crippen LogP contribution in [0.25, 0.3) is 0 Å². The Morgan fingerprint density at radius 1 is 1.17 bits per heavy atom. The summed E-state index contributed by atoms with van der Waals surface area (Å²) < 4.78 is 16.3. The van der Waals surface area contributed by atoms with Gasteiger partial charge < -0.3 is 19.9 Å². The van der Waals surface area contributed by atoms with Crippen molar-refractivity contribution in [3.05, 3.63) is 29.8 Å². The third-order valence-corrected chi connectivity index (χ3v) is 5.01. The number of amidine groups is 1. The number of aliphatic imine (C=N–C) groups is 1. The second-order valence-electron chi connectivity index (χ2n) is 5.76. The van der Waals surface area contributed by atoms with E-state index in [1.165, 1.54) is 14.2 Å². The zero-order valence-corrected chi connectivity index (χ0v) is 13.7. The van der Waals surface area contributed by atoms with Gasteiger partial charge in [-0.1, -0.05) is 12.1 Å². The summed E-state index contributed by atoms with van der Waals surface area (Å²) in [6.07, 6.45) is 0. The lowest BCUT2D eigenvalue weighted by molar-refractivity contribution is -0.230. The minimum absolute atomic E-state index is 0.0640. The first kappa shape index (κ1) is 16.3. The third kappa shape index (κ3) is 1.53. The molecule has 1 aliphatic carbocycles. The number of hydrogen-bond donors (Lipinski definition) is 1. The van der Waals surface area contributed by atoms with Gasteiger partial charge in [0.25, 0.3) is 5.91 Å². The van der Waals surface area contributed by atoms with Gasteiger partial charge in [0, 0.05) is 20.1 Å². The smallest absolute Gasteiger partial charge is 0.292 e. The summed E-state index contributed by atoms with van der Waals surface area (Å²) in [6.45, 7) is 2.46. The largest absolute Gasteiger partial charge is 0.494 e. The van der Waals surface area contributed by atoms with Crippen molar-refractivity contribution < 1.29 is 14.2 Å².